The summed E-state index contributed by atoms with van der Waals surface area (Å²) >= 11 is 6.04. The molecule has 3 amide bonds. The summed E-state index contributed by atoms with van der Waals surface area (Å²) in [5.74, 6) is -0.951. The number of nitrogens with one attached hydrogen (secondary N) is 1. The highest BCUT2D eigenvalue weighted by atomic mass is 35.5. The minimum absolute atomic E-state index is 0.165. The Labute approximate surface area is 173 Å². The Morgan fingerprint density at radius 1 is 1.17 bits per heavy atom. The molecule has 3 rings (SSSR count). The Bertz CT molecular complexity index is 989. The van der Waals surface area contributed by atoms with Crippen molar-refractivity contribution >= 4 is 46.4 Å². The van der Waals surface area contributed by atoms with Crippen molar-refractivity contribution in [2.45, 2.75) is 19.8 Å². The van der Waals surface area contributed by atoms with Crippen LogP contribution in [0.15, 0.2) is 53.6 Å². The summed E-state index contributed by atoms with van der Waals surface area (Å²) in [6, 6.07) is 14.2. The predicted octanol–water partition coefficient (Wildman–Crippen LogP) is 3.23. The number of hydrogen-bond acceptors (Lipinski definition) is 4. The smallest absolute Gasteiger partial charge is 0.270 e. The van der Waals surface area contributed by atoms with Crippen LogP contribution in [-0.4, -0.2) is 41.9 Å². The average molecular weight is 413 g/mol. The van der Waals surface area contributed by atoms with Crippen molar-refractivity contribution in [3.8, 4) is 0 Å². The van der Waals surface area contributed by atoms with Gasteiger partial charge in [0.2, 0.25) is 11.8 Å². The summed E-state index contributed by atoms with van der Waals surface area (Å²) in [7, 11) is 1.52. The maximum Gasteiger partial charge on any atom is 0.270 e. The zero-order valence-corrected chi connectivity index (χ0v) is 16.9. The first-order valence-corrected chi connectivity index (χ1v) is 9.50. The SMILES string of the molecule is Cc1cccc(N2N=C(C(=O)N(C)CC(=O)Nc3ccccc3Cl)CCC2=O)c1. The fourth-order valence-electron chi connectivity index (χ4n) is 2.93. The van der Waals surface area contributed by atoms with E-state index in [-0.39, 0.29) is 36.9 Å². The third kappa shape index (κ3) is 5.00. The number of benzene rings is 2. The molecular weight excluding hydrogens is 392 g/mol. The van der Waals surface area contributed by atoms with E-state index in [9.17, 15) is 14.4 Å². The molecule has 1 aliphatic heterocycles. The van der Waals surface area contributed by atoms with Gasteiger partial charge in [0.05, 0.1) is 22.9 Å². The molecular formula is C21H21ClN4O3. The molecule has 0 fully saturated rings. The number of nitrogens with zero attached hydrogens (tertiary/aromatic N) is 3. The first kappa shape index (κ1) is 20.5. The van der Waals surface area contributed by atoms with Crippen molar-refractivity contribution < 1.29 is 14.4 Å². The fourth-order valence-corrected chi connectivity index (χ4v) is 3.11. The molecule has 0 bridgehead atoms. The normalized spacial score (nSPS) is 13.7. The summed E-state index contributed by atoms with van der Waals surface area (Å²) in [6.45, 7) is 1.75. The lowest BCUT2D eigenvalue weighted by molar-refractivity contribution is -0.128. The minimum atomic E-state index is -0.399. The molecule has 8 heteroatoms. The predicted molar refractivity (Wildman–Crippen MR) is 113 cm³/mol. The van der Waals surface area contributed by atoms with Gasteiger partial charge in [-0.25, -0.2) is 5.01 Å². The summed E-state index contributed by atoms with van der Waals surface area (Å²) in [6.07, 6.45) is 0.411. The van der Waals surface area contributed by atoms with Crippen LogP contribution in [0.1, 0.15) is 18.4 Å². The first-order chi connectivity index (χ1) is 13.8. The molecule has 1 aliphatic rings. The van der Waals surface area contributed by atoms with Crippen LogP contribution in [0.25, 0.3) is 0 Å². The number of hydrazone groups is 1. The summed E-state index contributed by atoms with van der Waals surface area (Å²) < 4.78 is 0. The van der Waals surface area contributed by atoms with Crippen molar-refractivity contribution in [1.82, 2.24) is 4.90 Å². The topological polar surface area (TPSA) is 82.1 Å². The van der Waals surface area contributed by atoms with E-state index in [1.165, 1.54) is 17.0 Å². The Morgan fingerprint density at radius 3 is 2.66 bits per heavy atom. The molecule has 0 aliphatic carbocycles. The Balaban J connectivity index is 1.69. The Morgan fingerprint density at radius 2 is 1.93 bits per heavy atom. The molecule has 0 saturated carbocycles. The number of anilines is 2. The molecule has 29 heavy (non-hydrogen) atoms. The Hall–Kier alpha value is -3.19. The van der Waals surface area contributed by atoms with Crippen LogP contribution in [0.4, 0.5) is 11.4 Å². The van der Waals surface area contributed by atoms with E-state index < -0.39 is 5.91 Å². The summed E-state index contributed by atoms with van der Waals surface area (Å²) in [5.41, 5.74) is 2.31. The second-order valence-corrected chi connectivity index (χ2v) is 7.19. The molecule has 1 heterocycles. The zero-order valence-electron chi connectivity index (χ0n) is 16.2. The third-order valence-corrected chi connectivity index (χ3v) is 4.73. The summed E-state index contributed by atoms with van der Waals surface area (Å²) in [4.78, 5) is 38.6. The first-order valence-electron chi connectivity index (χ1n) is 9.12. The highest BCUT2D eigenvalue weighted by Gasteiger charge is 2.28. The number of rotatable bonds is 5. The van der Waals surface area contributed by atoms with Crippen LogP contribution in [0.3, 0.4) is 0 Å². The molecule has 2 aromatic rings. The van der Waals surface area contributed by atoms with E-state index in [1.54, 1.807) is 30.3 Å². The van der Waals surface area contributed by atoms with E-state index >= 15 is 0 Å². The van der Waals surface area contributed by atoms with E-state index in [4.69, 9.17) is 11.6 Å². The molecule has 0 spiro atoms. The molecule has 7 nitrogen and oxygen atoms in total. The zero-order chi connectivity index (χ0) is 21.0. The van der Waals surface area contributed by atoms with Crippen LogP contribution >= 0.6 is 11.6 Å². The molecule has 0 atom stereocenters. The van der Waals surface area contributed by atoms with Gasteiger partial charge in [0.15, 0.2) is 0 Å². The third-order valence-electron chi connectivity index (χ3n) is 4.40. The number of amides is 3. The highest BCUT2D eigenvalue weighted by Crippen LogP contribution is 2.22. The second kappa shape index (κ2) is 8.87. The van der Waals surface area contributed by atoms with Gasteiger partial charge < -0.3 is 10.2 Å². The fraction of sp³-hybridized carbons (Fsp3) is 0.238. The maximum absolute atomic E-state index is 12.8. The van der Waals surface area contributed by atoms with E-state index in [2.05, 4.69) is 10.4 Å². The van der Waals surface area contributed by atoms with Crippen LogP contribution in [0.2, 0.25) is 5.02 Å². The van der Waals surface area contributed by atoms with Gasteiger partial charge in [0.1, 0.15) is 5.71 Å². The molecule has 0 radical (unpaired) electrons. The molecule has 2 aromatic carbocycles. The molecule has 0 saturated heterocycles. The van der Waals surface area contributed by atoms with E-state index in [0.29, 0.717) is 16.4 Å². The summed E-state index contributed by atoms with van der Waals surface area (Å²) in [5, 5.41) is 8.60. The van der Waals surface area contributed by atoms with Crippen LogP contribution in [0.5, 0.6) is 0 Å². The number of para-hydroxylation sites is 1. The number of aryl methyl sites for hydroxylation is 1. The monoisotopic (exact) mass is 412 g/mol. The minimum Gasteiger partial charge on any atom is -0.331 e. The van der Waals surface area contributed by atoms with Gasteiger partial charge in [0.25, 0.3) is 5.91 Å². The largest absolute Gasteiger partial charge is 0.331 e. The number of carbonyl (C=O) groups excluding carboxylic acids is 3. The van der Waals surface area contributed by atoms with Gasteiger partial charge in [0, 0.05) is 19.9 Å². The molecule has 0 unspecified atom stereocenters. The maximum atomic E-state index is 12.8. The number of halogens is 1. The molecule has 1 N–H and O–H groups in total. The van der Waals surface area contributed by atoms with Crippen LogP contribution in [0, 0.1) is 6.92 Å². The quantitative estimate of drug-likeness (QED) is 0.818. The van der Waals surface area contributed by atoms with Gasteiger partial charge in [-0.3, -0.25) is 14.4 Å². The average Bonchev–Trinajstić information content (AvgIpc) is 2.69. The van der Waals surface area contributed by atoms with Gasteiger partial charge >= 0.3 is 0 Å². The van der Waals surface area contributed by atoms with E-state index in [0.717, 1.165) is 5.56 Å². The lowest BCUT2D eigenvalue weighted by atomic mass is 10.1. The van der Waals surface area contributed by atoms with Crippen molar-refractivity contribution in [2.24, 2.45) is 5.10 Å². The van der Waals surface area contributed by atoms with Crippen molar-refractivity contribution in [1.29, 1.82) is 0 Å². The van der Waals surface area contributed by atoms with Crippen LogP contribution in [-0.2, 0) is 14.4 Å². The number of hydrogen-bond donors (Lipinski definition) is 1. The lowest BCUT2D eigenvalue weighted by Gasteiger charge is -2.25. The van der Waals surface area contributed by atoms with Crippen molar-refractivity contribution in [2.75, 3.05) is 23.9 Å². The van der Waals surface area contributed by atoms with Crippen molar-refractivity contribution in [3.05, 3.63) is 59.1 Å². The molecule has 0 aromatic heterocycles. The van der Waals surface area contributed by atoms with Gasteiger partial charge in [-0.15, -0.1) is 0 Å². The Kier molecular flexibility index (Phi) is 6.29. The second-order valence-electron chi connectivity index (χ2n) is 6.78. The number of likely N-dealkylation sites (N-methyl/N-ethyl adjacent to an activating group) is 1. The number of carbonyl (C=O) groups is 3. The van der Waals surface area contributed by atoms with Gasteiger partial charge in [-0.1, -0.05) is 35.9 Å². The van der Waals surface area contributed by atoms with Gasteiger partial charge in [-0.05, 0) is 36.8 Å². The van der Waals surface area contributed by atoms with Crippen molar-refractivity contribution in [3.63, 3.8) is 0 Å². The molecule has 150 valence electrons. The highest BCUT2D eigenvalue weighted by molar-refractivity contribution is 6.40. The lowest BCUT2D eigenvalue weighted by Crippen LogP contribution is -2.42. The van der Waals surface area contributed by atoms with Gasteiger partial charge in [-0.2, -0.15) is 5.10 Å². The van der Waals surface area contributed by atoms with E-state index in [1.807, 2.05) is 25.1 Å². The standard InChI is InChI=1S/C21H21ClN4O3/c1-14-6-5-7-15(12-14)26-20(28)11-10-18(24-26)21(29)25(2)13-19(27)23-17-9-4-3-8-16(17)22/h3-9,12H,10-11,13H2,1-2H3,(H,23,27). The van der Waals surface area contributed by atoms with Crippen LogP contribution < -0.4 is 10.3 Å².